The third-order valence-corrected chi connectivity index (χ3v) is 4.90. The molecule has 116 valence electrons. The van der Waals surface area contributed by atoms with Crippen molar-refractivity contribution in [1.82, 2.24) is 14.7 Å². The maximum Gasteiger partial charge on any atom is 0.225 e. The molecule has 0 saturated carbocycles. The Morgan fingerprint density at radius 1 is 1.33 bits per heavy atom. The summed E-state index contributed by atoms with van der Waals surface area (Å²) >= 11 is 0. The van der Waals surface area contributed by atoms with E-state index in [1.807, 2.05) is 18.7 Å². The molecule has 3 heterocycles. The molecule has 0 bridgehead atoms. The topological polar surface area (TPSA) is 47.4 Å². The predicted octanol–water partition coefficient (Wildman–Crippen LogP) is 2.27. The van der Waals surface area contributed by atoms with Crippen molar-refractivity contribution < 1.29 is 9.53 Å². The number of amides is 1. The first-order chi connectivity index (χ1) is 10.1. The Morgan fingerprint density at radius 2 is 2.14 bits per heavy atom. The molecule has 2 aliphatic rings. The average Bonchev–Trinajstić information content (AvgIpc) is 3.13. The van der Waals surface area contributed by atoms with Gasteiger partial charge in [-0.15, -0.1) is 0 Å². The van der Waals surface area contributed by atoms with Gasteiger partial charge >= 0.3 is 0 Å². The molecule has 2 saturated heterocycles. The lowest BCUT2D eigenvalue weighted by Crippen LogP contribution is -2.33. The van der Waals surface area contributed by atoms with Gasteiger partial charge in [-0.3, -0.25) is 9.48 Å². The van der Waals surface area contributed by atoms with Crippen LogP contribution in [-0.4, -0.2) is 39.8 Å². The van der Waals surface area contributed by atoms with Crippen molar-refractivity contribution in [1.29, 1.82) is 0 Å². The van der Waals surface area contributed by atoms with Crippen LogP contribution < -0.4 is 0 Å². The predicted molar refractivity (Wildman–Crippen MR) is 80.0 cm³/mol. The number of nitrogens with zero attached hydrogens (tertiary/aromatic N) is 3. The standard InChI is InChI=1S/C16H25N3O2/c1-11-16(12(2)18(3)17-11)14-7-4-8-19(14)15(20)10-13-6-5-9-21-13/h13-14H,4-10H2,1-3H3. The van der Waals surface area contributed by atoms with E-state index in [0.29, 0.717) is 6.42 Å². The van der Waals surface area contributed by atoms with E-state index in [-0.39, 0.29) is 18.1 Å². The number of aromatic nitrogens is 2. The molecule has 0 radical (unpaired) electrons. The van der Waals surface area contributed by atoms with Crippen LogP contribution in [0.3, 0.4) is 0 Å². The number of rotatable bonds is 3. The van der Waals surface area contributed by atoms with E-state index in [0.717, 1.165) is 44.5 Å². The summed E-state index contributed by atoms with van der Waals surface area (Å²) in [5.41, 5.74) is 3.47. The molecule has 5 heteroatoms. The lowest BCUT2D eigenvalue weighted by atomic mass is 10.0. The molecule has 2 atom stereocenters. The van der Waals surface area contributed by atoms with Crippen LogP contribution in [0.5, 0.6) is 0 Å². The van der Waals surface area contributed by atoms with E-state index in [4.69, 9.17) is 4.74 Å². The molecule has 0 aliphatic carbocycles. The highest BCUT2D eigenvalue weighted by atomic mass is 16.5. The third kappa shape index (κ3) is 2.71. The van der Waals surface area contributed by atoms with Crippen LogP contribution >= 0.6 is 0 Å². The quantitative estimate of drug-likeness (QED) is 0.858. The third-order valence-electron chi connectivity index (χ3n) is 4.90. The molecule has 1 aromatic heterocycles. The molecule has 1 amide bonds. The fourth-order valence-electron chi connectivity index (χ4n) is 3.75. The number of aryl methyl sites for hydroxylation is 2. The van der Waals surface area contributed by atoms with Gasteiger partial charge in [-0.2, -0.15) is 5.10 Å². The summed E-state index contributed by atoms with van der Waals surface area (Å²) in [6.45, 7) is 5.81. The SMILES string of the molecule is Cc1nn(C)c(C)c1C1CCCN1C(=O)CC1CCCO1. The maximum absolute atomic E-state index is 12.6. The fourth-order valence-corrected chi connectivity index (χ4v) is 3.75. The molecule has 2 unspecified atom stereocenters. The molecule has 1 aromatic rings. The van der Waals surface area contributed by atoms with Crippen LogP contribution in [0.25, 0.3) is 0 Å². The van der Waals surface area contributed by atoms with Gasteiger partial charge in [0.25, 0.3) is 0 Å². The van der Waals surface area contributed by atoms with Crippen molar-refractivity contribution in [3.05, 3.63) is 17.0 Å². The molecule has 0 N–H and O–H groups in total. The first-order valence-electron chi connectivity index (χ1n) is 7.99. The highest BCUT2D eigenvalue weighted by Gasteiger charge is 2.34. The highest BCUT2D eigenvalue weighted by Crippen LogP contribution is 2.36. The largest absolute Gasteiger partial charge is 0.378 e. The molecular formula is C16H25N3O2. The number of likely N-dealkylation sites (tertiary alicyclic amines) is 1. The van der Waals surface area contributed by atoms with Gasteiger partial charge in [0.2, 0.25) is 5.91 Å². The van der Waals surface area contributed by atoms with E-state index in [1.165, 1.54) is 11.3 Å². The van der Waals surface area contributed by atoms with E-state index in [2.05, 4.69) is 16.9 Å². The molecular weight excluding hydrogens is 266 g/mol. The van der Waals surface area contributed by atoms with Crippen LogP contribution in [0, 0.1) is 13.8 Å². The summed E-state index contributed by atoms with van der Waals surface area (Å²) in [6.07, 6.45) is 4.90. The minimum absolute atomic E-state index is 0.134. The molecule has 0 spiro atoms. The van der Waals surface area contributed by atoms with Gasteiger partial charge in [-0.1, -0.05) is 0 Å². The second-order valence-electron chi connectivity index (χ2n) is 6.29. The molecule has 0 aromatic carbocycles. The van der Waals surface area contributed by atoms with Crippen LogP contribution in [0.2, 0.25) is 0 Å². The van der Waals surface area contributed by atoms with E-state index in [1.54, 1.807) is 0 Å². The lowest BCUT2D eigenvalue weighted by molar-refractivity contribution is -0.134. The summed E-state index contributed by atoms with van der Waals surface area (Å²) in [5, 5.41) is 4.51. The van der Waals surface area contributed by atoms with Crippen molar-refractivity contribution in [3.8, 4) is 0 Å². The normalized spacial score (nSPS) is 25.8. The average molecular weight is 291 g/mol. The Bertz CT molecular complexity index is 532. The first kappa shape index (κ1) is 14.6. The second-order valence-corrected chi connectivity index (χ2v) is 6.29. The molecule has 3 rings (SSSR count). The minimum Gasteiger partial charge on any atom is -0.378 e. The second kappa shape index (κ2) is 5.79. The van der Waals surface area contributed by atoms with Crippen molar-refractivity contribution in [3.63, 3.8) is 0 Å². The van der Waals surface area contributed by atoms with Crippen LogP contribution in [0.15, 0.2) is 0 Å². The zero-order valence-electron chi connectivity index (χ0n) is 13.3. The van der Waals surface area contributed by atoms with Gasteiger partial charge in [0.1, 0.15) is 0 Å². The number of hydrogen-bond donors (Lipinski definition) is 0. The molecule has 5 nitrogen and oxygen atoms in total. The number of carbonyl (C=O) groups excluding carboxylic acids is 1. The van der Waals surface area contributed by atoms with Gasteiger partial charge in [-0.05, 0) is 39.5 Å². The molecule has 2 fully saturated rings. The maximum atomic E-state index is 12.6. The van der Waals surface area contributed by atoms with Crippen LogP contribution in [0.4, 0.5) is 0 Å². The zero-order valence-corrected chi connectivity index (χ0v) is 13.3. The van der Waals surface area contributed by atoms with Gasteiger partial charge in [0.05, 0.1) is 24.3 Å². The van der Waals surface area contributed by atoms with Gasteiger partial charge in [0, 0.05) is 31.5 Å². The number of hydrogen-bond acceptors (Lipinski definition) is 3. The Morgan fingerprint density at radius 3 is 2.76 bits per heavy atom. The minimum atomic E-state index is 0.134. The Hall–Kier alpha value is -1.36. The van der Waals surface area contributed by atoms with Crippen molar-refractivity contribution in [2.24, 2.45) is 7.05 Å². The van der Waals surface area contributed by atoms with E-state index >= 15 is 0 Å². The van der Waals surface area contributed by atoms with Crippen molar-refractivity contribution in [2.45, 2.75) is 58.1 Å². The van der Waals surface area contributed by atoms with Gasteiger partial charge < -0.3 is 9.64 Å². The Labute approximate surface area is 126 Å². The molecule has 2 aliphatic heterocycles. The summed E-state index contributed by atoms with van der Waals surface area (Å²) in [5.74, 6) is 0.243. The van der Waals surface area contributed by atoms with Crippen LogP contribution in [0.1, 0.15) is 55.1 Å². The zero-order chi connectivity index (χ0) is 15.0. The van der Waals surface area contributed by atoms with Gasteiger partial charge in [0.15, 0.2) is 0 Å². The van der Waals surface area contributed by atoms with Gasteiger partial charge in [-0.25, -0.2) is 0 Å². The summed E-state index contributed by atoms with van der Waals surface area (Å²) < 4.78 is 7.53. The lowest BCUT2D eigenvalue weighted by Gasteiger charge is -2.26. The summed E-state index contributed by atoms with van der Waals surface area (Å²) in [4.78, 5) is 14.7. The van der Waals surface area contributed by atoms with Crippen molar-refractivity contribution >= 4 is 5.91 Å². The smallest absolute Gasteiger partial charge is 0.225 e. The fraction of sp³-hybridized carbons (Fsp3) is 0.750. The summed E-state index contributed by atoms with van der Waals surface area (Å²) in [7, 11) is 1.97. The summed E-state index contributed by atoms with van der Waals surface area (Å²) in [6, 6.07) is 0.201. The number of ether oxygens (including phenoxy) is 1. The molecule has 21 heavy (non-hydrogen) atoms. The highest BCUT2D eigenvalue weighted by molar-refractivity contribution is 5.77. The van der Waals surface area contributed by atoms with Crippen LogP contribution in [-0.2, 0) is 16.6 Å². The van der Waals surface area contributed by atoms with E-state index in [9.17, 15) is 4.79 Å². The number of carbonyl (C=O) groups is 1. The first-order valence-corrected chi connectivity index (χ1v) is 7.99. The van der Waals surface area contributed by atoms with E-state index < -0.39 is 0 Å². The Balaban J connectivity index is 1.77. The van der Waals surface area contributed by atoms with Crippen molar-refractivity contribution in [2.75, 3.05) is 13.2 Å². The Kier molecular flexibility index (Phi) is 4.02. The monoisotopic (exact) mass is 291 g/mol.